The summed E-state index contributed by atoms with van der Waals surface area (Å²) in [6, 6.07) is 12.0. The van der Waals surface area contributed by atoms with E-state index in [0.29, 0.717) is 6.01 Å². The minimum atomic E-state index is 0.450. The van der Waals surface area contributed by atoms with Crippen LogP contribution in [0.2, 0.25) is 0 Å². The van der Waals surface area contributed by atoms with E-state index in [1.807, 2.05) is 43.3 Å². The van der Waals surface area contributed by atoms with Crippen molar-refractivity contribution < 1.29 is 4.42 Å². The molecule has 0 aliphatic carbocycles. The summed E-state index contributed by atoms with van der Waals surface area (Å²) in [6.07, 6.45) is 0. The average molecular weight is 296 g/mol. The quantitative estimate of drug-likeness (QED) is 0.545. The number of hydrogen-bond acceptors (Lipinski definition) is 6. The maximum Gasteiger partial charge on any atom is 0.302 e. The third-order valence-electron chi connectivity index (χ3n) is 3.24. The fraction of sp³-hybridized carbons (Fsp3) is 0.0667. The number of nitrogens with two attached hydrogens (primary N) is 1. The molecule has 3 N–H and O–H groups in total. The molecule has 0 bridgehead atoms. The number of para-hydroxylation sites is 1. The van der Waals surface area contributed by atoms with Crippen molar-refractivity contribution in [3.05, 3.63) is 42.0 Å². The number of hydrogen-bond donors (Lipinski definition) is 2. The first-order valence-electron chi connectivity index (χ1n) is 6.48. The summed E-state index contributed by atoms with van der Waals surface area (Å²) in [4.78, 5) is 8.91. The molecule has 104 valence electrons. The maximum atomic E-state index is 5.78. The highest BCUT2D eigenvalue weighted by Gasteiger charge is 2.10. The zero-order chi connectivity index (χ0) is 14.4. The SMILES string of the molecule is Cc1cccc2nc(Nc3nc4ccc(N)cc4s3)oc12. The molecule has 21 heavy (non-hydrogen) atoms. The van der Waals surface area contributed by atoms with Gasteiger partial charge in [0.1, 0.15) is 5.52 Å². The van der Waals surface area contributed by atoms with Crippen molar-refractivity contribution in [2.45, 2.75) is 6.92 Å². The molecule has 0 aliphatic rings. The van der Waals surface area contributed by atoms with E-state index in [0.717, 1.165) is 37.7 Å². The number of nitrogen functional groups attached to an aromatic ring is 1. The fourth-order valence-corrected chi connectivity index (χ4v) is 3.13. The Balaban J connectivity index is 1.73. The fourth-order valence-electron chi connectivity index (χ4n) is 2.23. The molecule has 0 atom stereocenters. The number of aromatic nitrogens is 2. The monoisotopic (exact) mass is 296 g/mol. The van der Waals surface area contributed by atoms with Gasteiger partial charge in [-0.2, -0.15) is 4.98 Å². The number of fused-ring (bicyclic) bond motifs is 2. The van der Waals surface area contributed by atoms with E-state index in [-0.39, 0.29) is 0 Å². The van der Waals surface area contributed by atoms with Crippen LogP contribution in [0.15, 0.2) is 40.8 Å². The maximum absolute atomic E-state index is 5.78. The summed E-state index contributed by atoms with van der Waals surface area (Å²) >= 11 is 1.52. The van der Waals surface area contributed by atoms with E-state index in [2.05, 4.69) is 15.3 Å². The number of oxazole rings is 1. The topological polar surface area (TPSA) is 77.0 Å². The lowest BCUT2D eigenvalue weighted by atomic mass is 10.2. The lowest BCUT2D eigenvalue weighted by molar-refractivity contribution is 0.620. The average Bonchev–Trinajstić information content (AvgIpc) is 3.02. The predicted molar refractivity (Wildman–Crippen MR) is 86.1 cm³/mol. The second kappa shape index (κ2) is 4.46. The Labute approximate surface area is 124 Å². The van der Waals surface area contributed by atoms with E-state index in [1.165, 1.54) is 11.3 Å². The normalized spacial score (nSPS) is 11.3. The predicted octanol–water partition coefficient (Wildman–Crippen LogP) is 4.07. The van der Waals surface area contributed by atoms with Crippen LogP contribution in [0.1, 0.15) is 5.56 Å². The van der Waals surface area contributed by atoms with Gasteiger partial charge in [0.2, 0.25) is 0 Å². The molecule has 5 nitrogen and oxygen atoms in total. The highest BCUT2D eigenvalue weighted by molar-refractivity contribution is 7.22. The van der Waals surface area contributed by atoms with E-state index < -0.39 is 0 Å². The van der Waals surface area contributed by atoms with Gasteiger partial charge < -0.3 is 10.2 Å². The summed E-state index contributed by atoms with van der Waals surface area (Å²) < 4.78 is 6.77. The summed E-state index contributed by atoms with van der Waals surface area (Å²) in [7, 11) is 0. The first-order valence-corrected chi connectivity index (χ1v) is 7.30. The van der Waals surface area contributed by atoms with Crippen molar-refractivity contribution in [2.24, 2.45) is 0 Å². The van der Waals surface area contributed by atoms with Gasteiger partial charge in [0, 0.05) is 5.69 Å². The van der Waals surface area contributed by atoms with Crippen LogP contribution in [0.5, 0.6) is 0 Å². The van der Waals surface area contributed by atoms with Crippen LogP contribution < -0.4 is 11.1 Å². The molecule has 4 rings (SSSR count). The zero-order valence-electron chi connectivity index (χ0n) is 11.3. The first kappa shape index (κ1) is 12.2. The van der Waals surface area contributed by atoms with Gasteiger partial charge in [0.15, 0.2) is 10.7 Å². The van der Waals surface area contributed by atoms with Crippen LogP contribution in [-0.2, 0) is 0 Å². The van der Waals surface area contributed by atoms with E-state index in [1.54, 1.807) is 0 Å². The Morgan fingerprint density at radius 3 is 2.90 bits per heavy atom. The van der Waals surface area contributed by atoms with Gasteiger partial charge in [-0.3, -0.25) is 5.32 Å². The van der Waals surface area contributed by atoms with Crippen molar-refractivity contribution in [3.63, 3.8) is 0 Å². The Morgan fingerprint density at radius 2 is 2.05 bits per heavy atom. The van der Waals surface area contributed by atoms with Gasteiger partial charge >= 0.3 is 6.01 Å². The molecule has 0 saturated heterocycles. The van der Waals surface area contributed by atoms with Gasteiger partial charge in [-0.1, -0.05) is 23.5 Å². The van der Waals surface area contributed by atoms with Crippen LogP contribution in [-0.4, -0.2) is 9.97 Å². The lowest BCUT2D eigenvalue weighted by Gasteiger charge is -1.93. The van der Waals surface area contributed by atoms with Crippen LogP contribution >= 0.6 is 11.3 Å². The number of aryl methyl sites for hydroxylation is 1. The molecule has 0 amide bonds. The number of thiazole rings is 1. The van der Waals surface area contributed by atoms with Crippen LogP contribution in [0.4, 0.5) is 16.8 Å². The molecule has 2 heterocycles. The molecule has 0 aliphatic heterocycles. The number of nitrogens with zero attached hydrogens (tertiary/aromatic N) is 2. The van der Waals surface area contributed by atoms with Gasteiger partial charge in [-0.15, -0.1) is 0 Å². The number of anilines is 3. The molecule has 0 radical (unpaired) electrons. The van der Waals surface area contributed by atoms with Crippen molar-refractivity contribution in [1.29, 1.82) is 0 Å². The highest BCUT2D eigenvalue weighted by Crippen LogP contribution is 2.30. The molecule has 4 aromatic rings. The Morgan fingerprint density at radius 1 is 1.14 bits per heavy atom. The van der Waals surface area contributed by atoms with E-state index >= 15 is 0 Å². The molecule has 2 aromatic heterocycles. The minimum Gasteiger partial charge on any atom is -0.423 e. The van der Waals surface area contributed by atoms with E-state index in [9.17, 15) is 0 Å². The second-order valence-corrected chi connectivity index (χ2v) is 5.84. The van der Waals surface area contributed by atoms with Crippen LogP contribution in [0, 0.1) is 6.92 Å². The Kier molecular flexibility index (Phi) is 2.58. The smallest absolute Gasteiger partial charge is 0.302 e. The molecule has 6 heteroatoms. The van der Waals surface area contributed by atoms with Crippen LogP contribution in [0.25, 0.3) is 21.3 Å². The van der Waals surface area contributed by atoms with Crippen molar-refractivity contribution in [2.75, 3.05) is 11.1 Å². The van der Waals surface area contributed by atoms with Crippen molar-refractivity contribution in [1.82, 2.24) is 9.97 Å². The first-order chi connectivity index (χ1) is 10.2. The summed E-state index contributed by atoms with van der Waals surface area (Å²) in [5.74, 6) is 0. The highest BCUT2D eigenvalue weighted by atomic mass is 32.1. The van der Waals surface area contributed by atoms with Crippen LogP contribution in [0.3, 0.4) is 0 Å². The lowest BCUT2D eigenvalue weighted by Crippen LogP contribution is -1.88. The third-order valence-corrected chi connectivity index (χ3v) is 4.17. The summed E-state index contributed by atoms with van der Waals surface area (Å²) in [6.45, 7) is 2.00. The summed E-state index contributed by atoms with van der Waals surface area (Å²) in [5.41, 5.74) is 10.1. The second-order valence-electron chi connectivity index (χ2n) is 4.81. The Bertz CT molecular complexity index is 957. The largest absolute Gasteiger partial charge is 0.423 e. The molecule has 0 fully saturated rings. The van der Waals surface area contributed by atoms with Gasteiger partial charge in [-0.25, -0.2) is 4.98 Å². The molecule has 2 aromatic carbocycles. The molecule has 0 saturated carbocycles. The van der Waals surface area contributed by atoms with Gasteiger partial charge in [-0.05, 0) is 36.8 Å². The van der Waals surface area contributed by atoms with E-state index in [4.69, 9.17) is 10.2 Å². The summed E-state index contributed by atoms with van der Waals surface area (Å²) in [5, 5.41) is 3.85. The number of rotatable bonds is 2. The zero-order valence-corrected chi connectivity index (χ0v) is 12.1. The van der Waals surface area contributed by atoms with Gasteiger partial charge in [0.05, 0.1) is 10.2 Å². The van der Waals surface area contributed by atoms with Gasteiger partial charge in [0.25, 0.3) is 0 Å². The molecular weight excluding hydrogens is 284 g/mol. The minimum absolute atomic E-state index is 0.450. The number of nitrogens with one attached hydrogen (secondary N) is 1. The standard InChI is InChI=1S/C15H12N4OS/c1-8-3-2-4-11-13(8)20-14(17-11)19-15-18-10-6-5-9(16)7-12(10)21-15/h2-7H,16H2,1H3,(H,17,18,19). The number of benzene rings is 2. The Hall–Kier alpha value is -2.60. The molecule has 0 spiro atoms. The third kappa shape index (κ3) is 2.09. The van der Waals surface area contributed by atoms with Crippen molar-refractivity contribution >= 4 is 49.5 Å². The molecule has 0 unspecified atom stereocenters. The van der Waals surface area contributed by atoms with Crippen molar-refractivity contribution in [3.8, 4) is 0 Å². The molecular formula is C15H12N4OS.